The Bertz CT molecular complexity index is 143. The minimum atomic E-state index is 0.0937. The zero-order valence-corrected chi connectivity index (χ0v) is 7.24. The average Bonchev–Trinajstić information content (AvgIpc) is 2.06. The zero-order valence-electron chi connectivity index (χ0n) is 7.24. The van der Waals surface area contributed by atoms with E-state index >= 15 is 0 Å². The quantitative estimate of drug-likeness (QED) is 0.452. The van der Waals surface area contributed by atoms with Gasteiger partial charge in [0.1, 0.15) is 6.29 Å². The molecule has 0 aromatic rings. The molecule has 68 valence electrons. The third kappa shape index (κ3) is 2.75. The fourth-order valence-electron chi connectivity index (χ4n) is 1.38. The number of carbonyl (C=O) groups excluding carboxylic acids is 1. The lowest BCUT2D eigenvalue weighted by Crippen LogP contribution is -2.42. The predicted molar refractivity (Wildman–Crippen MR) is 47.1 cm³/mol. The highest BCUT2D eigenvalue weighted by Gasteiger charge is 2.18. The Hall–Kier alpha value is -0.670. The number of aldehydes is 1. The first-order valence-electron chi connectivity index (χ1n) is 4.25. The van der Waals surface area contributed by atoms with Gasteiger partial charge in [-0.25, -0.2) is 0 Å². The van der Waals surface area contributed by atoms with Crippen molar-refractivity contribution in [3.63, 3.8) is 0 Å². The van der Waals surface area contributed by atoms with Crippen molar-refractivity contribution < 1.29 is 9.53 Å². The van der Waals surface area contributed by atoms with Gasteiger partial charge in [0.25, 0.3) is 0 Å². The van der Waals surface area contributed by atoms with Gasteiger partial charge in [-0.3, -0.25) is 4.90 Å². The molecule has 0 radical (unpaired) electrons. The molecular weight excluding hydrogens is 154 g/mol. The smallest absolute Gasteiger partial charge is 0.122 e. The monoisotopic (exact) mass is 169 g/mol. The molecule has 12 heavy (non-hydrogen) atoms. The van der Waals surface area contributed by atoms with E-state index in [1.54, 1.807) is 0 Å². The molecule has 1 fully saturated rings. The Morgan fingerprint density at radius 2 is 2.50 bits per heavy atom. The Morgan fingerprint density at radius 3 is 3.17 bits per heavy atom. The van der Waals surface area contributed by atoms with Crippen LogP contribution in [0, 0.1) is 0 Å². The van der Waals surface area contributed by atoms with E-state index in [0.29, 0.717) is 6.42 Å². The highest BCUT2D eigenvalue weighted by molar-refractivity contribution is 5.50. The van der Waals surface area contributed by atoms with Crippen molar-refractivity contribution in [3.8, 4) is 0 Å². The van der Waals surface area contributed by atoms with Crippen LogP contribution in [0.3, 0.4) is 0 Å². The fourth-order valence-corrected chi connectivity index (χ4v) is 1.38. The van der Waals surface area contributed by atoms with E-state index in [9.17, 15) is 4.79 Å². The number of carbonyl (C=O) groups is 1. The second-order valence-corrected chi connectivity index (χ2v) is 2.94. The Balaban J connectivity index is 2.29. The largest absolute Gasteiger partial charge is 0.375 e. The second-order valence-electron chi connectivity index (χ2n) is 2.94. The maximum atomic E-state index is 10.2. The molecule has 0 aromatic heterocycles. The predicted octanol–water partition coefficient (Wildman–Crippen LogP) is 0.462. The summed E-state index contributed by atoms with van der Waals surface area (Å²) in [5.41, 5.74) is 0. The molecular formula is C9H15NO2. The summed E-state index contributed by atoms with van der Waals surface area (Å²) in [5, 5.41) is 0. The van der Waals surface area contributed by atoms with Gasteiger partial charge >= 0.3 is 0 Å². The molecule has 3 nitrogen and oxygen atoms in total. The van der Waals surface area contributed by atoms with Gasteiger partial charge in [0.15, 0.2) is 0 Å². The van der Waals surface area contributed by atoms with Gasteiger partial charge in [-0.15, -0.1) is 6.58 Å². The average molecular weight is 169 g/mol. The van der Waals surface area contributed by atoms with Crippen LogP contribution in [0.15, 0.2) is 12.7 Å². The summed E-state index contributed by atoms with van der Waals surface area (Å²) in [4.78, 5) is 12.5. The first kappa shape index (κ1) is 9.42. The first-order chi connectivity index (χ1) is 5.86. The molecule has 1 unspecified atom stereocenters. The standard InChI is InChI=1S/C9H15NO2/c1-2-4-10-5-7-12-9(8-10)3-6-11/h2,6,9H,1,3-5,7-8H2. The fraction of sp³-hybridized carbons (Fsp3) is 0.667. The van der Waals surface area contributed by atoms with Crippen molar-refractivity contribution in [2.24, 2.45) is 0 Å². The molecule has 1 heterocycles. The molecule has 0 bridgehead atoms. The normalized spacial score (nSPS) is 25.2. The Kier molecular flexibility index (Phi) is 3.97. The van der Waals surface area contributed by atoms with E-state index in [2.05, 4.69) is 11.5 Å². The molecule has 0 aliphatic carbocycles. The first-order valence-corrected chi connectivity index (χ1v) is 4.25. The number of morpholine rings is 1. The van der Waals surface area contributed by atoms with E-state index in [0.717, 1.165) is 32.5 Å². The summed E-state index contributed by atoms with van der Waals surface area (Å²) in [5.74, 6) is 0. The Morgan fingerprint density at radius 1 is 1.67 bits per heavy atom. The number of hydrogen-bond donors (Lipinski definition) is 0. The van der Waals surface area contributed by atoms with Crippen LogP contribution in [0.4, 0.5) is 0 Å². The van der Waals surface area contributed by atoms with Gasteiger partial charge in [-0.2, -0.15) is 0 Å². The molecule has 0 N–H and O–H groups in total. The van der Waals surface area contributed by atoms with Gasteiger partial charge in [0.2, 0.25) is 0 Å². The van der Waals surface area contributed by atoms with Crippen LogP contribution in [0.25, 0.3) is 0 Å². The van der Waals surface area contributed by atoms with Crippen molar-refractivity contribution in [1.29, 1.82) is 0 Å². The van der Waals surface area contributed by atoms with Crippen molar-refractivity contribution in [2.75, 3.05) is 26.2 Å². The minimum Gasteiger partial charge on any atom is -0.375 e. The van der Waals surface area contributed by atoms with Crippen molar-refractivity contribution in [1.82, 2.24) is 4.90 Å². The van der Waals surface area contributed by atoms with Gasteiger partial charge in [0, 0.05) is 26.1 Å². The lowest BCUT2D eigenvalue weighted by molar-refractivity contribution is -0.112. The molecule has 3 heteroatoms. The van der Waals surface area contributed by atoms with Gasteiger partial charge < -0.3 is 9.53 Å². The van der Waals surface area contributed by atoms with Crippen LogP contribution in [0.5, 0.6) is 0 Å². The van der Waals surface area contributed by atoms with Crippen molar-refractivity contribution in [2.45, 2.75) is 12.5 Å². The third-order valence-electron chi connectivity index (χ3n) is 1.97. The molecule has 1 aliphatic rings. The van der Waals surface area contributed by atoms with Crippen LogP contribution in [-0.4, -0.2) is 43.5 Å². The lowest BCUT2D eigenvalue weighted by atomic mass is 10.2. The zero-order chi connectivity index (χ0) is 8.81. The van der Waals surface area contributed by atoms with Gasteiger partial charge in [-0.05, 0) is 0 Å². The van der Waals surface area contributed by atoms with Crippen molar-refractivity contribution in [3.05, 3.63) is 12.7 Å². The number of rotatable bonds is 4. The number of ether oxygens (including phenoxy) is 1. The summed E-state index contributed by atoms with van der Waals surface area (Å²) in [7, 11) is 0. The molecule has 0 aromatic carbocycles. The van der Waals surface area contributed by atoms with Crippen LogP contribution in [-0.2, 0) is 9.53 Å². The van der Waals surface area contributed by atoms with E-state index in [4.69, 9.17) is 4.74 Å². The number of nitrogens with zero attached hydrogens (tertiary/aromatic N) is 1. The maximum Gasteiger partial charge on any atom is 0.122 e. The van der Waals surface area contributed by atoms with E-state index < -0.39 is 0 Å². The highest BCUT2D eigenvalue weighted by atomic mass is 16.5. The van der Waals surface area contributed by atoms with Gasteiger partial charge in [-0.1, -0.05) is 6.08 Å². The summed E-state index contributed by atoms with van der Waals surface area (Å²) < 4.78 is 5.39. The van der Waals surface area contributed by atoms with E-state index in [1.165, 1.54) is 0 Å². The molecule has 1 aliphatic heterocycles. The topological polar surface area (TPSA) is 29.5 Å². The lowest BCUT2D eigenvalue weighted by Gasteiger charge is -2.31. The Labute approximate surface area is 73.0 Å². The highest BCUT2D eigenvalue weighted by Crippen LogP contribution is 2.06. The molecule has 1 rings (SSSR count). The SMILES string of the molecule is C=CCN1CCOC(CC=O)C1. The maximum absolute atomic E-state index is 10.2. The number of hydrogen-bond acceptors (Lipinski definition) is 3. The van der Waals surface area contributed by atoms with Crippen LogP contribution >= 0.6 is 0 Å². The van der Waals surface area contributed by atoms with Crippen LogP contribution < -0.4 is 0 Å². The third-order valence-corrected chi connectivity index (χ3v) is 1.97. The molecule has 0 amide bonds. The van der Waals surface area contributed by atoms with Gasteiger partial charge in [0.05, 0.1) is 12.7 Å². The molecule has 1 saturated heterocycles. The molecule has 0 saturated carbocycles. The summed E-state index contributed by atoms with van der Waals surface area (Å²) in [6.45, 7) is 7.09. The van der Waals surface area contributed by atoms with E-state index in [1.807, 2.05) is 6.08 Å². The van der Waals surface area contributed by atoms with Crippen molar-refractivity contribution >= 4 is 6.29 Å². The minimum absolute atomic E-state index is 0.0937. The summed E-state index contributed by atoms with van der Waals surface area (Å²) >= 11 is 0. The van der Waals surface area contributed by atoms with Crippen LogP contribution in [0.1, 0.15) is 6.42 Å². The van der Waals surface area contributed by atoms with E-state index in [-0.39, 0.29) is 6.10 Å². The second kappa shape index (κ2) is 5.06. The summed E-state index contributed by atoms with van der Waals surface area (Å²) in [6.07, 6.45) is 3.40. The summed E-state index contributed by atoms with van der Waals surface area (Å²) in [6, 6.07) is 0. The van der Waals surface area contributed by atoms with Crippen LogP contribution in [0.2, 0.25) is 0 Å². The molecule has 1 atom stereocenters. The molecule has 0 spiro atoms.